The monoisotopic (exact) mass is 163 g/mol. The van der Waals surface area contributed by atoms with Gasteiger partial charge in [0.2, 0.25) is 0 Å². The summed E-state index contributed by atoms with van der Waals surface area (Å²) in [5.41, 5.74) is 4.21. The predicted octanol–water partition coefficient (Wildman–Crippen LogP) is 3.47. The minimum Gasteiger partial charge on any atom is -0.300 e. The highest BCUT2D eigenvalue weighted by atomic mass is 14.4. The molecular formula is C11H17N. The fraction of sp³-hybridized carbons (Fsp3) is 0.545. The van der Waals surface area contributed by atoms with E-state index in [4.69, 9.17) is 5.41 Å². The first-order valence-corrected chi connectivity index (χ1v) is 4.56. The molecule has 0 aromatic rings. The second-order valence-electron chi connectivity index (χ2n) is 3.62. The van der Waals surface area contributed by atoms with Crippen molar-refractivity contribution < 1.29 is 0 Å². The van der Waals surface area contributed by atoms with Crippen LogP contribution in [-0.2, 0) is 0 Å². The highest BCUT2D eigenvalue weighted by Gasteiger charge is 2.13. The van der Waals surface area contributed by atoms with Gasteiger partial charge in [-0.2, -0.15) is 0 Å². The van der Waals surface area contributed by atoms with Crippen LogP contribution in [-0.4, -0.2) is 5.71 Å². The van der Waals surface area contributed by atoms with Gasteiger partial charge < -0.3 is 5.41 Å². The lowest BCUT2D eigenvalue weighted by molar-refractivity contribution is 0.687. The molecule has 0 saturated carbocycles. The molecule has 0 aliphatic heterocycles. The van der Waals surface area contributed by atoms with E-state index in [2.05, 4.69) is 13.5 Å². The molecular weight excluding hydrogens is 146 g/mol. The minimum atomic E-state index is 0.673. The maximum atomic E-state index is 7.81. The zero-order chi connectivity index (χ0) is 9.14. The van der Waals surface area contributed by atoms with E-state index in [1.165, 1.54) is 30.4 Å². The van der Waals surface area contributed by atoms with Gasteiger partial charge in [0.05, 0.1) is 5.71 Å². The van der Waals surface area contributed by atoms with E-state index < -0.39 is 0 Å². The van der Waals surface area contributed by atoms with E-state index in [0.717, 1.165) is 12.0 Å². The van der Waals surface area contributed by atoms with E-state index in [9.17, 15) is 0 Å². The van der Waals surface area contributed by atoms with Crippen molar-refractivity contribution in [3.8, 4) is 0 Å². The van der Waals surface area contributed by atoms with Crippen molar-refractivity contribution in [2.24, 2.45) is 0 Å². The molecule has 0 heterocycles. The van der Waals surface area contributed by atoms with E-state index in [1.807, 2.05) is 6.92 Å². The molecule has 0 fully saturated rings. The highest BCUT2D eigenvalue weighted by Crippen LogP contribution is 2.26. The number of hydrogen-bond acceptors (Lipinski definition) is 1. The third-order valence-electron chi connectivity index (χ3n) is 2.47. The molecule has 0 aromatic heterocycles. The molecule has 0 amide bonds. The lowest BCUT2D eigenvalue weighted by atomic mass is 9.88. The molecule has 12 heavy (non-hydrogen) atoms. The normalized spacial score (nSPS) is 17.8. The maximum Gasteiger partial charge on any atom is 0.0594 e. The summed E-state index contributed by atoms with van der Waals surface area (Å²) in [7, 11) is 0. The van der Waals surface area contributed by atoms with Crippen molar-refractivity contribution in [2.45, 2.75) is 39.5 Å². The molecule has 1 nitrogen and oxygen atoms in total. The molecule has 1 aliphatic carbocycles. The van der Waals surface area contributed by atoms with E-state index in [1.54, 1.807) is 0 Å². The van der Waals surface area contributed by atoms with Gasteiger partial charge in [0.1, 0.15) is 0 Å². The first-order chi connectivity index (χ1) is 5.63. The Morgan fingerprint density at radius 2 is 1.92 bits per heavy atom. The van der Waals surface area contributed by atoms with E-state index in [-0.39, 0.29) is 0 Å². The zero-order valence-electron chi connectivity index (χ0n) is 8.04. The molecule has 0 radical (unpaired) electrons. The highest BCUT2D eigenvalue weighted by molar-refractivity contribution is 6.09. The van der Waals surface area contributed by atoms with Gasteiger partial charge in [0.15, 0.2) is 0 Å². The van der Waals surface area contributed by atoms with Crippen LogP contribution in [0.4, 0.5) is 0 Å². The molecule has 1 rings (SSSR count). The van der Waals surface area contributed by atoms with Crippen LogP contribution in [0.1, 0.15) is 39.5 Å². The van der Waals surface area contributed by atoms with Gasteiger partial charge in [-0.15, -0.1) is 0 Å². The summed E-state index contributed by atoms with van der Waals surface area (Å²) in [4.78, 5) is 0. The first kappa shape index (κ1) is 9.24. The largest absolute Gasteiger partial charge is 0.300 e. The molecule has 0 atom stereocenters. The van der Waals surface area contributed by atoms with Crippen LogP contribution in [0.25, 0.3) is 0 Å². The number of rotatable bonds is 2. The van der Waals surface area contributed by atoms with Crippen LogP contribution in [0.2, 0.25) is 0 Å². The van der Waals surface area contributed by atoms with Gasteiger partial charge in [-0.05, 0) is 50.7 Å². The van der Waals surface area contributed by atoms with Gasteiger partial charge in [-0.3, -0.25) is 0 Å². The standard InChI is InChI=1S/C11H17N/c1-8(2)11(12)10-7-5-4-6-9(10)3/h12H,1,4-7H2,2-3H3. The molecule has 0 saturated heterocycles. The molecule has 0 unspecified atom stereocenters. The summed E-state index contributed by atoms with van der Waals surface area (Å²) >= 11 is 0. The first-order valence-electron chi connectivity index (χ1n) is 4.56. The Bertz CT molecular complexity index is 243. The molecule has 0 bridgehead atoms. The molecule has 0 aromatic carbocycles. The van der Waals surface area contributed by atoms with Crippen LogP contribution in [0.15, 0.2) is 23.3 Å². The van der Waals surface area contributed by atoms with Crippen LogP contribution in [0.5, 0.6) is 0 Å². The van der Waals surface area contributed by atoms with Gasteiger partial charge >= 0.3 is 0 Å². The second kappa shape index (κ2) is 3.70. The Morgan fingerprint density at radius 1 is 1.33 bits per heavy atom. The third-order valence-corrected chi connectivity index (χ3v) is 2.47. The summed E-state index contributed by atoms with van der Waals surface area (Å²) in [6.45, 7) is 7.86. The fourth-order valence-corrected chi connectivity index (χ4v) is 1.65. The van der Waals surface area contributed by atoms with Gasteiger partial charge in [-0.25, -0.2) is 0 Å². The fourth-order valence-electron chi connectivity index (χ4n) is 1.65. The molecule has 0 spiro atoms. The quantitative estimate of drug-likeness (QED) is 0.603. The van der Waals surface area contributed by atoms with E-state index >= 15 is 0 Å². The SMILES string of the molecule is C=C(C)C(=N)C1=C(C)CCCC1. The third kappa shape index (κ3) is 1.84. The Morgan fingerprint density at radius 3 is 2.42 bits per heavy atom. The average Bonchev–Trinajstić information content (AvgIpc) is 2.04. The Labute approximate surface area is 74.7 Å². The molecule has 1 N–H and O–H groups in total. The Hall–Kier alpha value is -0.850. The van der Waals surface area contributed by atoms with Gasteiger partial charge in [0, 0.05) is 0 Å². The van der Waals surface area contributed by atoms with Crippen LogP contribution in [0.3, 0.4) is 0 Å². The number of hydrogen-bond donors (Lipinski definition) is 1. The number of allylic oxidation sites excluding steroid dienone is 3. The summed E-state index contributed by atoms with van der Waals surface area (Å²) < 4.78 is 0. The van der Waals surface area contributed by atoms with E-state index in [0.29, 0.717) is 5.71 Å². The average molecular weight is 163 g/mol. The lowest BCUT2D eigenvalue weighted by Crippen LogP contribution is -2.08. The summed E-state index contributed by atoms with van der Waals surface area (Å²) in [6.07, 6.45) is 4.78. The van der Waals surface area contributed by atoms with Crippen molar-refractivity contribution in [3.05, 3.63) is 23.3 Å². The minimum absolute atomic E-state index is 0.673. The summed E-state index contributed by atoms with van der Waals surface area (Å²) in [5.74, 6) is 0. The zero-order valence-corrected chi connectivity index (χ0v) is 8.04. The van der Waals surface area contributed by atoms with Crippen molar-refractivity contribution in [2.75, 3.05) is 0 Å². The molecule has 1 aliphatic rings. The van der Waals surface area contributed by atoms with Crippen LogP contribution in [0, 0.1) is 5.41 Å². The molecule has 1 heteroatoms. The molecule has 66 valence electrons. The van der Waals surface area contributed by atoms with Crippen LogP contribution >= 0.6 is 0 Å². The van der Waals surface area contributed by atoms with Crippen molar-refractivity contribution >= 4 is 5.71 Å². The maximum absolute atomic E-state index is 7.81. The number of nitrogens with one attached hydrogen (secondary N) is 1. The van der Waals surface area contributed by atoms with Crippen molar-refractivity contribution in [1.29, 1.82) is 5.41 Å². The van der Waals surface area contributed by atoms with Crippen molar-refractivity contribution in [1.82, 2.24) is 0 Å². The lowest BCUT2D eigenvalue weighted by Gasteiger charge is -2.18. The van der Waals surface area contributed by atoms with Crippen LogP contribution < -0.4 is 0 Å². The predicted molar refractivity (Wildman–Crippen MR) is 53.7 cm³/mol. The van der Waals surface area contributed by atoms with Gasteiger partial charge in [-0.1, -0.05) is 12.2 Å². The summed E-state index contributed by atoms with van der Waals surface area (Å²) in [6, 6.07) is 0. The topological polar surface area (TPSA) is 23.9 Å². The summed E-state index contributed by atoms with van der Waals surface area (Å²) in [5, 5.41) is 7.81. The Kier molecular flexibility index (Phi) is 2.85. The second-order valence-corrected chi connectivity index (χ2v) is 3.62. The van der Waals surface area contributed by atoms with Gasteiger partial charge in [0.25, 0.3) is 0 Å². The smallest absolute Gasteiger partial charge is 0.0594 e. The van der Waals surface area contributed by atoms with Crippen molar-refractivity contribution in [3.63, 3.8) is 0 Å². The Balaban J connectivity index is 2.85.